The highest BCUT2D eigenvalue weighted by molar-refractivity contribution is 7.22. The molecule has 0 amide bonds. The molecule has 3 nitrogen and oxygen atoms in total. The maximum absolute atomic E-state index is 6.12. The summed E-state index contributed by atoms with van der Waals surface area (Å²) in [5.74, 6) is 0.764. The second kappa shape index (κ2) is 4.89. The van der Waals surface area contributed by atoms with Crippen LogP contribution in [-0.2, 0) is 0 Å². The van der Waals surface area contributed by atoms with Crippen molar-refractivity contribution in [2.75, 3.05) is 19.0 Å². The highest BCUT2D eigenvalue weighted by Gasteiger charge is 2.11. The van der Waals surface area contributed by atoms with Crippen LogP contribution < -0.4 is 10.1 Å². The Hall–Kier alpha value is -1.000. The SMILES string of the molecule is CCCNc1nc2c(OC)ccc(Cl)c2s1. The lowest BCUT2D eigenvalue weighted by Crippen LogP contribution is -1.98. The summed E-state index contributed by atoms with van der Waals surface area (Å²) >= 11 is 7.68. The summed E-state index contributed by atoms with van der Waals surface area (Å²) < 4.78 is 6.23. The van der Waals surface area contributed by atoms with E-state index in [0.29, 0.717) is 0 Å². The average molecular weight is 257 g/mol. The minimum absolute atomic E-state index is 0.720. The topological polar surface area (TPSA) is 34.2 Å². The minimum atomic E-state index is 0.720. The Morgan fingerprint density at radius 3 is 3.00 bits per heavy atom. The molecule has 0 aliphatic heterocycles. The first kappa shape index (κ1) is 11.5. The van der Waals surface area contributed by atoms with Crippen molar-refractivity contribution in [1.29, 1.82) is 0 Å². The summed E-state index contributed by atoms with van der Waals surface area (Å²) in [5.41, 5.74) is 0.832. The molecule has 0 unspecified atom stereocenters. The number of nitrogens with zero attached hydrogens (tertiary/aromatic N) is 1. The predicted octanol–water partition coefficient (Wildman–Crippen LogP) is 3.78. The number of methoxy groups -OCH3 is 1. The molecule has 5 heteroatoms. The number of nitrogens with one attached hydrogen (secondary N) is 1. The van der Waals surface area contributed by atoms with E-state index in [0.717, 1.165) is 39.1 Å². The van der Waals surface area contributed by atoms with Crippen LogP contribution in [0.5, 0.6) is 5.75 Å². The number of ether oxygens (including phenoxy) is 1. The van der Waals surface area contributed by atoms with Crippen molar-refractivity contribution in [2.24, 2.45) is 0 Å². The number of hydrogen-bond acceptors (Lipinski definition) is 4. The molecule has 1 aromatic carbocycles. The quantitative estimate of drug-likeness (QED) is 0.904. The fourth-order valence-electron chi connectivity index (χ4n) is 1.42. The van der Waals surface area contributed by atoms with E-state index in [2.05, 4.69) is 17.2 Å². The standard InChI is InChI=1S/C11H13ClN2OS/c1-3-6-13-11-14-9-8(15-2)5-4-7(12)10(9)16-11/h4-5H,3,6H2,1-2H3,(H,13,14). The molecule has 0 atom stereocenters. The monoisotopic (exact) mass is 256 g/mol. The normalized spacial score (nSPS) is 10.7. The Morgan fingerprint density at radius 2 is 2.31 bits per heavy atom. The van der Waals surface area contributed by atoms with Gasteiger partial charge >= 0.3 is 0 Å². The van der Waals surface area contributed by atoms with Gasteiger partial charge in [-0.1, -0.05) is 29.9 Å². The number of hydrogen-bond donors (Lipinski definition) is 1. The molecule has 0 aliphatic carbocycles. The van der Waals surface area contributed by atoms with E-state index in [9.17, 15) is 0 Å². The van der Waals surface area contributed by atoms with Crippen LogP contribution in [0, 0.1) is 0 Å². The number of halogens is 1. The average Bonchev–Trinajstić information content (AvgIpc) is 2.72. The maximum Gasteiger partial charge on any atom is 0.183 e. The van der Waals surface area contributed by atoms with Crippen molar-refractivity contribution in [3.8, 4) is 5.75 Å². The van der Waals surface area contributed by atoms with Gasteiger partial charge in [-0.25, -0.2) is 4.98 Å². The molecule has 2 aromatic rings. The number of anilines is 1. The van der Waals surface area contributed by atoms with E-state index in [1.165, 1.54) is 0 Å². The molecule has 0 spiro atoms. The smallest absolute Gasteiger partial charge is 0.183 e. The summed E-state index contributed by atoms with van der Waals surface area (Å²) in [6.07, 6.45) is 1.07. The summed E-state index contributed by atoms with van der Waals surface area (Å²) in [5, 5.41) is 4.87. The van der Waals surface area contributed by atoms with Gasteiger partial charge in [0.25, 0.3) is 0 Å². The van der Waals surface area contributed by atoms with Crippen molar-refractivity contribution < 1.29 is 4.74 Å². The number of thiazole rings is 1. The van der Waals surface area contributed by atoms with E-state index in [4.69, 9.17) is 16.3 Å². The van der Waals surface area contributed by atoms with E-state index in [1.807, 2.05) is 12.1 Å². The van der Waals surface area contributed by atoms with E-state index < -0.39 is 0 Å². The Morgan fingerprint density at radius 1 is 1.50 bits per heavy atom. The maximum atomic E-state index is 6.12. The molecule has 1 N–H and O–H groups in total. The van der Waals surface area contributed by atoms with Gasteiger partial charge in [0.05, 0.1) is 16.8 Å². The van der Waals surface area contributed by atoms with Gasteiger partial charge in [-0.15, -0.1) is 0 Å². The van der Waals surface area contributed by atoms with Crippen LogP contribution >= 0.6 is 22.9 Å². The zero-order chi connectivity index (χ0) is 11.5. The Bertz CT molecular complexity index is 498. The number of rotatable bonds is 4. The minimum Gasteiger partial charge on any atom is -0.494 e. The Kier molecular flexibility index (Phi) is 3.51. The lowest BCUT2D eigenvalue weighted by atomic mass is 10.3. The van der Waals surface area contributed by atoms with Gasteiger partial charge in [0.2, 0.25) is 0 Å². The lowest BCUT2D eigenvalue weighted by Gasteiger charge is -2.00. The van der Waals surface area contributed by atoms with E-state index in [1.54, 1.807) is 18.4 Å². The molecule has 1 aromatic heterocycles. The van der Waals surface area contributed by atoms with E-state index >= 15 is 0 Å². The highest BCUT2D eigenvalue weighted by atomic mass is 35.5. The fourth-order valence-corrected chi connectivity index (χ4v) is 2.61. The molecule has 0 saturated heterocycles. The first-order valence-electron chi connectivity index (χ1n) is 5.13. The summed E-state index contributed by atoms with van der Waals surface area (Å²) in [6, 6.07) is 3.68. The molecule has 2 rings (SSSR count). The molecular weight excluding hydrogens is 244 g/mol. The Labute approximate surface area is 103 Å². The van der Waals surface area contributed by atoms with Gasteiger partial charge < -0.3 is 10.1 Å². The van der Waals surface area contributed by atoms with Gasteiger partial charge in [0.1, 0.15) is 11.3 Å². The van der Waals surface area contributed by atoms with Crippen LogP contribution in [0.4, 0.5) is 5.13 Å². The van der Waals surface area contributed by atoms with Gasteiger partial charge in [-0.05, 0) is 18.6 Å². The van der Waals surface area contributed by atoms with Crippen LogP contribution in [0.2, 0.25) is 5.02 Å². The van der Waals surface area contributed by atoms with Crippen molar-refractivity contribution >= 4 is 38.3 Å². The van der Waals surface area contributed by atoms with Crippen LogP contribution in [0.1, 0.15) is 13.3 Å². The summed E-state index contributed by atoms with van der Waals surface area (Å²) in [4.78, 5) is 4.48. The van der Waals surface area contributed by atoms with Gasteiger partial charge in [-0.3, -0.25) is 0 Å². The lowest BCUT2D eigenvalue weighted by molar-refractivity contribution is 0.419. The molecular formula is C11H13ClN2OS. The van der Waals surface area contributed by atoms with Gasteiger partial charge in [0.15, 0.2) is 5.13 Å². The molecule has 86 valence electrons. The highest BCUT2D eigenvalue weighted by Crippen LogP contribution is 2.37. The largest absolute Gasteiger partial charge is 0.494 e. The Balaban J connectivity index is 2.46. The van der Waals surface area contributed by atoms with Crippen LogP contribution in [0.15, 0.2) is 12.1 Å². The van der Waals surface area contributed by atoms with Gasteiger partial charge in [0, 0.05) is 6.54 Å². The predicted molar refractivity (Wildman–Crippen MR) is 70.0 cm³/mol. The van der Waals surface area contributed by atoms with Crippen LogP contribution in [-0.4, -0.2) is 18.6 Å². The number of benzene rings is 1. The zero-order valence-corrected chi connectivity index (χ0v) is 10.8. The molecule has 16 heavy (non-hydrogen) atoms. The number of fused-ring (bicyclic) bond motifs is 1. The summed E-state index contributed by atoms with van der Waals surface area (Å²) in [6.45, 7) is 3.04. The molecule has 0 radical (unpaired) electrons. The number of aromatic nitrogens is 1. The first-order chi connectivity index (χ1) is 7.76. The molecule has 0 saturated carbocycles. The van der Waals surface area contributed by atoms with Crippen molar-refractivity contribution in [2.45, 2.75) is 13.3 Å². The second-order valence-electron chi connectivity index (χ2n) is 3.37. The third-order valence-corrected chi connectivity index (χ3v) is 3.68. The summed E-state index contributed by atoms with van der Waals surface area (Å²) in [7, 11) is 1.64. The third kappa shape index (κ3) is 2.08. The fraction of sp³-hybridized carbons (Fsp3) is 0.364. The van der Waals surface area contributed by atoms with E-state index in [-0.39, 0.29) is 0 Å². The zero-order valence-electron chi connectivity index (χ0n) is 9.21. The molecule has 0 fully saturated rings. The second-order valence-corrected chi connectivity index (χ2v) is 4.78. The van der Waals surface area contributed by atoms with Crippen molar-refractivity contribution in [3.63, 3.8) is 0 Å². The molecule has 1 heterocycles. The van der Waals surface area contributed by atoms with Crippen molar-refractivity contribution in [3.05, 3.63) is 17.2 Å². The van der Waals surface area contributed by atoms with Crippen molar-refractivity contribution in [1.82, 2.24) is 4.98 Å². The van der Waals surface area contributed by atoms with Crippen LogP contribution in [0.25, 0.3) is 10.2 Å². The van der Waals surface area contributed by atoms with Crippen LogP contribution in [0.3, 0.4) is 0 Å². The third-order valence-electron chi connectivity index (χ3n) is 2.20. The molecule has 0 aliphatic rings. The molecule has 0 bridgehead atoms. The van der Waals surface area contributed by atoms with Gasteiger partial charge in [-0.2, -0.15) is 0 Å². The first-order valence-corrected chi connectivity index (χ1v) is 6.32.